The first-order valence-electron chi connectivity index (χ1n) is 7.82. The van der Waals surface area contributed by atoms with E-state index in [0.29, 0.717) is 0 Å². The molecule has 1 aliphatic rings. The smallest absolute Gasteiger partial charge is 0.0696 e. The van der Waals surface area contributed by atoms with Gasteiger partial charge in [0.15, 0.2) is 0 Å². The summed E-state index contributed by atoms with van der Waals surface area (Å²) in [6.45, 7) is 6.84. The van der Waals surface area contributed by atoms with Crippen molar-refractivity contribution >= 4 is 11.3 Å². The van der Waals surface area contributed by atoms with E-state index in [1.54, 1.807) is 0 Å². The predicted octanol–water partition coefficient (Wildman–Crippen LogP) is 4.82. The van der Waals surface area contributed by atoms with Crippen LogP contribution in [0.25, 0.3) is 0 Å². The van der Waals surface area contributed by atoms with Gasteiger partial charge >= 0.3 is 0 Å². The van der Waals surface area contributed by atoms with E-state index in [4.69, 9.17) is 0 Å². The van der Waals surface area contributed by atoms with Crippen molar-refractivity contribution in [1.29, 1.82) is 0 Å². The van der Waals surface area contributed by atoms with Gasteiger partial charge in [-0.1, -0.05) is 33.6 Å². The van der Waals surface area contributed by atoms with Crippen LogP contribution >= 0.6 is 11.3 Å². The maximum atomic E-state index is 10.9. The molecule has 1 fully saturated rings. The Morgan fingerprint density at radius 2 is 2.00 bits per heavy atom. The van der Waals surface area contributed by atoms with E-state index in [-0.39, 0.29) is 0 Å². The monoisotopic (exact) mass is 280 g/mol. The van der Waals surface area contributed by atoms with Gasteiger partial charge in [-0.3, -0.25) is 0 Å². The first kappa shape index (κ1) is 15.1. The molecule has 2 rings (SSSR count). The van der Waals surface area contributed by atoms with Crippen molar-refractivity contribution in [3.63, 3.8) is 0 Å². The lowest BCUT2D eigenvalue weighted by molar-refractivity contribution is 0.0244. The number of rotatable bonds is 4. The quantitative estimate of drug-likeness (QED) is 0.784. The van der Waals surface area contributed by atoms with Crippen LogP contribution in [0.5, 0.6) is 0 Å². The zero-order valence-corrected chi connectivity index (χ0v) is 13.4. The fraction of sp³-hybridized carbons (Fsp3) is 0.765. The largest absolute Gasteiger partial charge is 0.390 e. The molecule has 0 radical (unpaired) electrons. The maximum absolute atomic E-state index is 10.9. The van der Waals surface area contributed by atoms with Crippen molar-refractivity contribution in [3.05, 3.63) is 21.9 Å². The molecule has 0 spiro atoms. The Labute approximate surface area is 122 Å². The summed E-state index contributed by atoms with van der Waals surface area (Å²) >= 11 is 1.88. The Bertz CT molecular complexity index is 396. The first-order chi connectivity index (χ1) is 9.02. The van der Waals surface area contributed by atoms with E-state index >= 15 is 0 Å². The van der Waals surface area contributed by atoms with Gasteiger partial charge in [0.05, 0.1) is 5.60 Å². The second kappa shape index (κ2) is 6.41. The van der Waals surface area contributed by atoms with Gasteiger partial charge in [0.2, 0.25) is 0 Å². The Kier molecular flexibility index (Phi) is 5.08. The molecule has 108 valence electrons. The highest BCUT2D eigenvalue weighted by molar-refractivity contribution is 7.12. The Morgan fingerprint density at radius 3 is 2.63 bits per heavy atom. The van der Waals surface area contributed by atoms with Crippen molar-refractivity contribution in [1.82, 2.24) is 0 Å². The summed E-state index contributed by atoms with van der Waals surface area (Å²) in [6, 6.07) is 4.43. The minimum atomic E-state index is -0.445. The summed E-state index contributed by atoms with van der Waals surface area (Å²) < 4.78 is 0. The van der Waals surface area contributed by atoms with E-state index in [0.717, 1.165) is 37.5 Å². The molecule has 0 saturated heterocycles. The van der Waals surface area contributed by atoms with E-state index < -0.39 is 5.60 Å². The highest BCUT2D eigenvalue weighted by atomic mass is 32.1. The third kappa shape index (κ3) is 4.06. The zero-order valence-electron chi connectivity index (χ0n) is 12.6. The summed E-state index contributed by atoms with van der Waals surface area (Å²) in [5.41, 5.74) is -0.445. The van der Waals surface area contributed by atoms with E-state index in [1.165, 1.54) is 29.0 Å². The third-order valence-electron chi connectivity index (χ3n) is 4.71. The van der Waals surface area contributed by atoms with Crippen LogP contribution < -0.4 is 0 Å². The highest BCUT2D eigenvalue weighted by Crippen LogP contribution is 2.36. The minimum Gasteiger partial charge on any atom is -0.390 e. The summed E-state index contributed by atoms with van der Waals surface area (Å²) in [5, 5.41) is 10.9. The predicted molar refractivity (Wildman–Crippen MR) is 83.8 cm³/mol. The number of hydrogen-bond donors (Lipinski definition) is 1. The summed E-state index contributed by atoms with van der Waals surface area (Å²) in [4.78, 5) is 2.80. The SMILES string of the molecule is CCc1ccc(CC2(O)CCCC(C(C)C)CC2)s1. The first-order valence-corrected chi connectivity index (χ1v) is 8.64. The van der Waals surface area contributed by atoms with Crippen LogP contribution in [-0.2, 0) is 12.8 Å². The van der Waals surface area contributed by atoms with Crippen LogP contribution in [0, 0.1) is 11.8 Å². The molecule has 1 nitrogen and oxygen atoms in total. The van der Waals surface area contributed by atoms with Crippen LogP contribution in [-0.4, -0.2) is 10.7 Å². The van der Waals surface area contributed by atoms with Crippen LogP contribution in [0.2, 0.25) is 0 Å². The lowest BCUT2D eigenvalue weighted by Crippen LogP contribution is -2.30. The number of hydrogen-bond acceptors (Lipinski definition) is 2. The Morgan fingerprint density at radius 1 is 1.26 bits per heavy atom. The van der Waals surface area contributed by atoms with Gasteiger partial charge in [-0.05, 0) is 49.7 Å². The van der Waals surface area contributed by atoms with Crippen molar-refractivity contribution in [2.75, 3.05) is 0 Å². The van der Waals surface area contributed by atoms with Crippen LogP contribution in [0.3, 0.4) is 0 Å². The van der Waals surface area contributed by atoms with Gasteiger partial charge in [0.1, 0.15) is 0 Å². The molecule has 1 aromatic heterocycles. The molecule has 1 saturated carbocycles. The van der Waals surface area contributed by atoms with Gasteiger partial charge < -0.3 is 5.11 Å². The highest BCUT2D eigenvalue weighted by Gasteiger charge is 2.32. The molecule has 0 bridgehead atoms. The van der Waals surface area contributed by atoms with Crippen molar-refractivity contribution in [2.24, 2.45) is 11.8 Å². The van der Waals surface area contributed by atoms with Gasteiger partial charge in [-0.2, -0.15) is 0 Å². The molecule has 1 aliphatic carbocycles. The van der Waals surface area contributed by atoms with Gasteiger partial charge in [-0.15, -0.1) is 11.3 Å². The van der Waals surface area contributed by atoms with Crippen molar-refractivity contribution < 1.29 is 5.11 Å². The number of aliphatic hydroxyl groups is 1. The fourth-order valence-electron chi connectivity index (χ4n) is 3.29. The molecule has 1 N–H and O–H groups in total. The molecule has 2 unspecified atom stereocenters. The van der Waals surface area contributed by atoms with E-state index in [1.807, 2.05) is 11.3 Å². The van der Waals surface area contributed by atoms with Crippen molar-refractivity contribution in [3.8, 4) is 0 Å². The minimum absolute atomic E-state index is 0.445. The standard InChI is InChI=1S/C17H28OS/c1-4-15-7-8-16(19-15)12-17(18)10-5-6-14(9-11-17)13(2)3/h7-8,13-14,18H,4-6,9-12H2,1-3H3. The summed E-state index contributed by atoms with van der Waals surface area (Å²) in [5.74, 6) is 1.57. The molecular weight excluding hydrogens is 252 g/mol. The lowest BCUT2D eigenvalue weighted by Gasteiger charge is -2.26. The lowest BCUT2D eigenvalue weighted by atomic mass is 9.86. The van der Waals surface area contributed by atoms with E-state index in [2.05, 4.69) is 32.9 Å². The van der Waals surface area contributed by atoms with E-state index in [9.17, 15) is 5.11 Å². The normalized spacial score (nSPS) is 28.6. The van der Waals surface area contributed by atoms with Crippen molar-refractivity contribution in [2.45, 2.75) is 71.3 Å². The zero-order chi connectivity index (χ0) is 13.9. The molecule has 0 aliphatic heterocycles. The molecule has 2 heteroatoms. The molecule has 19 heavy (non-hydrogen) atoms. The molecule has 1 aromatic rings. The third-order valence-corrected chi connectivity index (χ3v) is 5.94. The van der Waals surface area contributed by atoms with Gasteiger partial charge in [-0.25, -0.2) is 0 Å². The number of thiophene rings is 1. The average Bonchev–Trinajstić information content (AvgIpc) is 2.71. The number of aryl methyl sites for hydroxylation is 1. The fourth-order valence-corrected chi connectivity index (χ4v) is 4.39. The van der Waals surface area contributed by atoms with Crippen LogP contribution in [0.1, 0.15) is 62.6 Å². The second-order valence-electron chi connectivity index (χ2n) is 6.56. The molecule has 2 atom stereocenters. The molecule has 0 aromatic carbocycles. The Balaban J connectivity index is 1.98. The van der Waals surface area contributed by atoms with Gasteiger partial charge in [0.25, 0.3) is 0 Å². The Hall–Kier alpha value is -0.340. The molecular formula is C17H28OS. The molecule has 0 amide bonds. The van der Waals surface area contributed by atoms with Crippen LogP contribution in [0.15, 0.2) is 12.1 Å². The average molecular weight is 280 g/mol. The topological polar surface area (TPSA) is 20.2 Å². The van der Waals surface area contributed by atoms with Crippen LogP contribution in [0.4, 0.5) is 0 Å². The summed E-state index contributed by atoms with van der Waals surface area (Å²) in [7, 11) is 0. The summed E-state index contributed by atoms with van der Waals surface area (Å²) in [6.07, 6.45) is 7.61. The maximum Gasteiger partial charge on any atom is 0.0696 e. The molecule has 1 heterocycles. The second-order valence-corrected chi connectivity index (χ2v) is 7.81. The van der Waals surface area contributed by atoms with Gasteiger partial charge in [0, 0.05) is 16.2 Å².